The van der Waals surface area contributed by atoms with Crippen LogP contribution in [0.15, 0.2) is 12.1 Å². The fourth-order valence-electron chi connectivity index (χ4n) is 2.53. The van der Waals surface area contributed by atoms with Crippen LogP contribution in [0.1, 0.15) is 65.5 Å². The average molecular weight is 259 g/mol. The lowest BCUT2D eigenvalue weighted by atomic mass is 9.71. The van der Waals surface area contributed by atoms with Gasteiger partial charge in [0.1, 0.15) is 5.52 Å². The van der Waals surface area contributed by atoms with Crippen molar-refractivity contribution in [3.63, 3.8) is 0 Å². The van der Waals surface area contributed by atoms with Crippen LogP contribution in [-0.4, -0.2) is 15.4 Å². The molecule has 0 saturated carbocycles. The molecule has 0 aliphatic rings. The summed E-state index contributed by atoms with van der Waals surface area (Å²) in [7, 11) is 0. The molecule has 19 heavy (non-hydrogen) atoms. The number of H-pyrrole nitrogens is 1. The van der Waals surface area contributed by atoms with Gasteiger partial charge in [-0.1, -0.05) is 52.8 Å². The lowest BCUT2D eigenvalue weighted by Crippen LogP contribution is -2.26. The maximum atomic E-state index is 4.34. The van der Waals surface area contributed by atoms with Crippen LogP contribution in [0.4, 0.5) is 0 Å². The second-order valence-corrected chi connectivity index (χ2v) is 6.67. The summed E-state index contributed by atoms with van der Waals surface area (Å²) in [6.45, 7) is 13.7. The minimum absolute atomic E-state index is 0.109. The number of aromatic amines is 1. The van der Waals surface area contributed by atoms with Gasteiger partial charge in [0.25, 0.3) is 0 Å². The Morgan fingerprint density at radius 3 is 2.21 bits per heavy atom. The Kier molecular flexibility index (Phi) is 3.41. The van der Waals surface area contributed by atoms with E-state index in [1.165, 1.54) is 11.1 Å². The fraction of sp³-hybridized carbons (Fsp3) is 0.625. The first kappa shape index (κ1) is 14.0. The maximum Gasteiger partial charge on any atom is 0.116 e. The lowest BCUT2D eigenvalue weighted by Gasteiger charge is -2.33. The van der Waals surface area contributed by atoms with Crippen molar-refractivity contribution in [1.29, 1.82) is 0 Å². The third kappa shape index (κ3) is 2.26. The van der Waals surface area contributed by atoms with Crippen LogP contribution >= 0.6 is 0 Å². The first-order valence-corrected chi connectivity index (χ1v) is 7.18. The summed E-state index contributed by atoms with van der Waals surface area (Å²) in [5, 5.41) is 11.3. The molecule has 1 N–H and O–H groups in total. The zero-order valence-corrected chi connectivity index (χ0v) is 13.0. The van der Waals surface area contributed by atoms with Crippen LogP contribution in [0.2, 0.25) is 0 Å². The summed E-state index contributed by atoms with van der Waals surface area (Å²) >= 11 is 0. The number of nitrogens with zero attached hydrogens (tertiary/aromatic N) is 2. The van der Waals surface area contributed by atoms with E-state index in [1.807, 2.05) is 0 Å². The zero-order chi connectivity index (χ0) is 14.3. The monoisotopic (exact) mass is 259 g/mol. The van der Waals surface area contributed by atoms with Gasteiger partial charge in [-0.05, 0) is 40.9 Å². The SMILES string of the molecule is CCC(C)(C)c1ccc2[nH]nnc2c1C(C)(C)CC. The highest BCUT2D eigenvalue weighted by atomic mass is 15.3. The maximum absolute atomic E-state index is 4.34. The average Bonchev–Trinajstić information content (AvgIpc) is 2.85. The van der Waals surface area contributed by atoms with Gasteiger partial charge in [0.2, 0.25) is 0 Å². The normalized spacial score (nSPS) is 13.2. The molecule has 0 amide bonds. The highest BCUT2D eigenvalue weighted by Gasteiger charge is 2.31. The van der Waals surface area contributed by atoms with Gasteiger partial charge in [-0.2, -0.15) is 0 Å². The largest absolute Gasteiger partial charge is 0.258 e. The number of rotatable bonds is 4. The lowest BCUT2D eigenvalue weighted by molar-refractivity contribution is 0.458. The fourth-order valence-corrected chi connectivity index (χ4v) is 2.53. The summed E-state index contributed by atoms with van der Waals surface area (Å²) in [5.41, 5.74) is 5.10. The van der Waals surface area contributed by atoms with E-state index in [2.05, 4.69) is 69.1 Å². The Morgan fingerprint density at radius 2 is 1.63 bits per heavy atom. The Balaban J connectivity index is 2.81. The van der Waals surface area contributed by atoms with Crippen molar-refractivity contribution in [2.24, 2.45) is 0 Å². The minimum atomic E-state index is 0.109. The summed E-state index contributed by atoms with van der Waals surface area (Å²) in [4.78, 5) is 0. The smallest absolute Gasteiger partial charge is 0.116 e. The van der Waals surface area contributed by atoms with Crippen LogP contribution in [0, 0.1) is 0 Å². The van der Waals surface area contributed by atoms with E-state index in [0.717, 1.165) is 23.9 Å². The molecular weight excluding hydrogens is 234 g/mol. The predicted molar refractivity (Wildman–Crippen MR) is 80.5 cm³/mol. The number of nitrogens with one attached hydrogen (secondary N) is 1. The van der Waals surface area contributed by atoms with Crippen molar-refractivity contribution in [2.45, 2.75) is 65.2 Å². The van der Waals surface area contributed by atoms with Crippen LogP contribution in [0.3, 0.4) is 0 Å². The number of aromatic nitrogens is 3. The molecule has 0 spiro atoms. The minimum Gasteiger partial charge on any atom is -0.258 e. The Bertz CT molecular complexity index is 579. The molecule has 0 aliphatic carbocycles. The number of fused-ring (bicyclic) bond motifs is 1. The highest BCUT2D eigenvalue weighted by molar-refractivity contribution is 5.80. The molecular formula is C16H25N3. The van der Waals surface area contributed by atoms with Crippen LogP contribution in [0.5, 0.6) is 0 Å². The van der Waals surface area contributed by atoms with Crippen LogP contribution in [-0.2, 0) is 10.8 Å². The number of benzene rings is 1. The predicted octanol–water partition coefficient (Wildman–Crippen LogP) is 4.33. The molecule has 104 valence electrons. The molecule has 0 atom stereocenters. The molecule has 0 aliphatic heterocycles. The van der Waals surface area contributed by atoms with E-state index >= 15 is 0 Å². The quantitative estimate of drug-likeness (QED) is 0.887. The van der Waals surface area contributed by atoms with Crippen molar-refractivity contribution in [2.75, 3.05) is 0 Å². The van der Waals surface area contributed by atoms with Crippen molar-refractivity contribution in [3.8, 4) is 0 Å². The van der Waals surface area contributed by atoms with E-state index < -0.39 is 0 Å². The molecule has 0 radical (unpaired) electrons. The third-order valence-electron chi connectivity index (χ3n) is 4.67. The van der Waals surface area contributed by atoms with Gasteiger partial charge in [-0.25, -0.2) is 0 Å². The standard InChI is InChI=1S/C16H25N3/c1-7-15(3,4)11-9-10-12-14(18-19-17-12)13(11)16(5,6)8-2/h9-10H,7-8H2,1-6H3,(H,17,18,19). The summed E-state index contributed by atoms with van der Waals surface area (Å²) in [6, 6.07) is 4.36. The van der Waals surface area contributed by atoms with E-state index in [9.17, 15) is 0 Å². The van der Waals surface area contributed by atoms with Crippen molar-refractivity contribution in [1.82, 2.24) is 15.4 Å². The van der Waals surface area contributed by atoms with E-state index in [4.69, 9.17) is 0 Å². The van der Waals surface area contributed by atoms with Crippen molar-refractivity contribution >= 4 is 11.0 Å². The van der Waals surface area contributed by atoms with Crippen LogP contribution < -0.4 is 0 Å². The molecule has 3 nitrogen and oxygen atoms in total. The van der Waals surface area contributed by atoms with Gasteiger partial charge < -0.3 is 0 Å². The molecule has 2 aromatic rings. The Morgan fingerprint density at radius 1 is 1.00 bits per heavy atom. The first-order valence-electron chi connectivity index (χ1n) is 7.18. The summed E-state index contributed by atoms with van der Waals surface area (Å²) in [5.74, 6) is 0. The molecule has 3 heteroatoms. The topological polar surface area (TPSA) is 41.6 Å². The number of hydrogen-bond acceptors (Lipinski definition) is 2. The zero-order valence-electron chi connectivity index (χ0n) is 13.0. The van der Waals surface area contributed by atoms with Gasteiger partial charge in [0.05, 0.1) is 5.52 Å². The molecule has 0 unspecified atom stereocenters. The van der Waals surface area contributed by atoms with Gasteiger partial charge in [0.15, 0.2) is 0 Å². The highest BCUT2D eigenvalue weighted by Crippen LogP contribution is 2.40. The number of hydrogen-bond donors (Lipinski definition) is 1. The second kappa shape index (κ2) is 4.62. The molecule has 1 aromatic heterocycles. The van der Waals surface area contributed by atoms with Crippen molar-refractivity contribution in [3.05, 3.63) is 23.3 Å². The first-order chi connectivity index (χ1) is 8.83. The van der Waals surface area contributed by atoms with E-state index in [1.54, 1.807) is 0 Å². The van der Waals surface area contributed by atoms with E-state index in [-0.39, 0.29) is 10.8 Å². The van der Waals surface area contributed by atoms with Gasteiger partial charge in [0, 0.05) is 0 Å². The van der Waals surface area contributed by atoms with Crippen molar-refractivity contribution < 1.29 is 0 Å². The Hall–Kier alpha value is -1.38. The molecule has 0 fully saturated rings. The summed E-state index contributed by atoms with van der Waals surface area (Å²) < 4.78 is 0. The molecule has 0 bridgehead atoms. The van der Waals surface area contributed by atoms with Crippen LogP contribution in [0.25, 0.3) is 11.0 Å². The molecule has 2 rings (SSSR count). The van der Waals surface area contributed by atoms with E-state index in [0.29, 0.717) is 0 Å². The summed E-state index contributed by atoms with van der Waals surface area (Å²) in [6.07, 6.45) is 2.20. The third-order valence-corrected chi connectivity index (χ3v) is 4.67. The molecule has 1 aromatic carbocycles. The van der Waals surface area contributed by atoms with Gasteiger partial charge >= 0.3 is 0 Å². The second-order valence-electron chi connectivity index (χ2n) is 6.67. The van der Waals surface area contributed by atoms with Gasteiger partial charge in [-0.3, -0.25) is 5.10 Å². The molecule has 1 heterocycles. The Labute approximate surface area is 115 Å². The van der Waals surface area contributed by atoms with Gasteiger partial charge in [-0.15, -0.1) is 5.10 Å². The molecule has 0 saturated heterocycles.